The average Bonchev–Trinajstić information content (AvgIpc) is 3.44. The van der Waals surface area contributed by atoms with E-state index in [-0.39, 0.29) is 37.4 Å². The molecule has 0 bridgehead atoms. The highest BCUT2D eigenvalue weighted by Crippen LogP contribution is 2.44. The number of nitro groups is 2. The van der Waals surface area contributed by atoms with Crippen molar-refractivity contribution in [2.24, 2.45) is 23.3 Å². The summed E-state index contributed by atoms with van der Waals surface area (Å²) >= 11 is 2.13. The molecule has 0 aliphatic rings. The fourth-order valence-corrected chi connectivity index (χ4v) is 20.3. The van der Waals surface area contributed by atoms with Gasteiger partial charge in [-0.15, -0.1) is 0 Å². The van der Waals surface area contributed by atoms with Crippen molar-refractivity contribution in [2.75, 3.05) is 13.2 Å². The van der Waals surface area contributed by atoms with Gasteiger partial charge in [0.2, 0.25) is 11.8 Å². The Morgan fingerprint density at radius 2 is 0.766 bits per heavy atom. The minimum atomic E-state index is -3.19. The summed E-state index contributed by atoms with van der Waals surface area (Å²) < 4.78 is 29.5. The largest absolute Gasteiger partial charge is 0.484 e. The molecule has 0 heterocycles. The molecule has 400 valence electrons. The van der Waals surface area contributed by atoms with Crippen molar-refractivity contribution >= 4 is 83.2 Å². The van der Waals surface area contributed by atoms with Crippen LogP contribution in [0.3, 0.4) is 0 Å². The molecule has 2 amide bonds. The minimum absolute atomic E-state index is 0.00694. The van der Waals surface area contributed by atoms with Crippen molar-refractivity contribution < 1.29 is 37.8 Å². The molecule has 7 rings (SSSR count). The molecule has 0 saturated carbocycles. The van der Waals surface area contributed by atoms with Gasteiger partial charge < -0.3 is 29.8 Å². The fraction of sp³-hybridized carbons (Fsp3) is 0.267. The number of rotatable bonds is 24. The van der Waals surface area contributed by atoms with Crippen LogP contribution in [-0.4, -0.2) is 51.5 Å². The van der Waals surface area contributed by atoms with Crippen molar-refractivity contribution in [3.63, 3.8) is 0 Å². The van der Waals surface area contributed by atoms with Crippen LogP contribution in [-0.2, 0) is 18.4 Å². The molecule has 0 fully saturated rings. The Hall–Kier alpha value is -7.04. The molecule has 0 aliphatic heterocycles. The Kier molecular flexibility index (Phi) is 18.7. The van der Waals surface area contributed by atoms with Gasteiger partial charge in [-0.2, -0.15) is 0 Å². The maximum Gasteiger partial charge on any atom is 0.269 e. The summed E-state index contributed by atoms with van der Waals surface area (Å²) in [5.41, 5.74) is 13.0. The third-order valence-electron chi connectivity index (χ3n) is 13.9. The van der Waals surface area contributed by atoms with Gasteiger partial charge in [-0.3, -0.25) is 29.8 Å². The van der Waals surface area contributed by atoms with Crippen molar-refractivity contribution in [2.45, 2.75) is 76.7 Å². The first-order chi connectivity index (χ1) is 36.7. The SMILES string of the molecule is CC(C)(C)[Si](OC[C@H](CC(N)=O)[C@@H](Oc1cccc(O[C@@H](c2ccc([N+](=O)[O-])cc2)[C@H](CO[Si](c2ccccc2)(c2ccccc2)C(C)(C)C)CC(N)=O)c1I)c1ccc([N+](=O)[O-])cc1)(c1ccccc1)c1ccccc1. The van der Waals surface area contributed by atoms with Gasteiger partial charge in [-0.25, -0.2) is 0 Å². The first-order valence-electron chi connectivity index (χ1n) is 25.3. The van der Waals surface area contributed by atoms with E-state index in [0.717, 1.165) is 20.7 Å². The number of primary amides is 2. The minimum Gasteiger partial charge on any atom is -0.484 e. The second kappa shape index (κ2) is 25.0. The summed E-state index contributed by atoms with van der Waals surface area (Å²) in [6.07, 6.45) is -2.26. The number of carbonyl (C=O) groups excluding carboxylic acids is 2. The Bertz CT molecular complexity index is 2820. The van der Waals surface area contributed by atoms with Crippen LogP contribution in [0.15, 0.2) is 188 Å². The van der Waals surface area contributed by atoms with Crippen LogP contribution in [0.1, 0.15) is 77.7 Å². The molecule has 0 unspecified atom stereocenters. The molecule has 17 heteroatoms. The van der Waals surface area contributed by atoms with Crippen LogP contribution in [0.4, 0.5) is 11.4 Å². The number of carbonyl (C=O) groups is 2. The van der Waals surface area contributed by atoms with Crippen LogP contribution in [0, 0.1) is 35.6 Å². The number of non-ortho nitro benzene ring substituents is 2. The quantitative estimate of drug-likeness (QED) is 0.0253. The average molecular weight is 1190 g/mol. The van der Waals surface area contributed by atoms with Crippen molar-refractivity contribution in [1.82, 2.24) is 0 Å². The van der Waals surface area contributed by atoms with E-state index in [2.05, 4.69) is 113 Å². The predicted octanol–water partition coefficient (Wildman–Crippen LogP) is 10.5. The Labute approximate surface area is 465 Å². The molecule has 0 spiro atoms. The molecule has 0 aromatic heterocycles. The number of nitro benzene ring substituents is 2. The number of ether oxygens (including phenoxy) is 2. The number of hydrogen-bond donors (Lipinski definition) is 2. The number of nitrogens with two attached hydrogens (primary N) is 2. The monoisotopic (exact) mass is 1180 g/mol. The summed E-state index contributed by atoms with van der Waals surface area (Å²) in [6, 6.07) is 57.6. The lowest BCUT2D eigenvalue weighted by Gasteiger charge is -2.44. The maximum atomic E-state index is 13.2. The molecule has 4 N–H and O–H groups in total. The maximum absolute atomic E-state index is 13.2. The Balaban J connectivity index is 1.33. The summed E-state index contributed by atoms with van der Waals surface area (Å²) in [5.74, 6) is -2.00. The van der Waals surface area contributed by atoms with E-state index in [1.54, 1.807) is 42.5 Å². The summed E-state index contributed by atoms with van der Waals surface area (Å²) in [4.78, 5) is 49.4. The highest BCUT2D eigenvalue weighted by Gasteiger charge is 2.52. The summed E-state index contributed by atoms with van der Waals surface area (Å²) in [5, 5.41) is 27.1. The molecule has 7 aromatic carbocycles. The van der Waals surface area contributed by atoms with Gasteiger partial charge in [-0.05, 0) is 101 Å². The Morgan fingerprint density at radius 1 is 0.481 bits per heavy atom. The number of benzene rings is 7. The van der Waals surface area contributed by atoms with Crippen molar-refractivity contribution in [3.8, 4) is 11.5 Å². The third kappa shape index (κ3) is 13.2. The molecule has 7 aromatic rings. The first-order valence-corrected chi connectivity index (χ1v) is 30.2. The first kappa shape index (κ1) is 57.7. The van der Waals surface area contributed by atoms with E-state index in [4.69, 9.17) is 29.8 Å². The van der Waals surface area contributed by atoms with Crippen LogP contribution in [0.5, 0.6) is 11.5 Å². The van der Waals surface area contributed by atoms with Crippen molar-refractivity contribution in [3.05, 3.63) is 223 Å². The zero-order valence-corrected chi connectivity index (χ0v) is 48.2. The predicted molar refractivity (Wildman–Crippen MR) is 314 cm³/mol. The molecule has 4 atom stereocenters. The smallest absolute Gasteiger partial charge is 0.269 e. The third-order valence-corrected chi connectivity index (χ3v) is 25.0. The highest BCUT2D eigenvalue weighted by atomic mass is 127. The number of hydrogen-bond acceptors (Lipinski definition) is 10. The van der Waals surface area contributed by atoms with Gasteiger partial charge in [0.15, 0.2) is 0 Å². The van der Waals surface area contributed by atoms with Gasteiger partial charge in [0, 0.05) is 62.2 Å². The zero-order chi connectivity index (χ0) is 55.5. The van der Waals surface area contributed by atoms with Gasteiger partial charge >= 0.3 is 0 Å². The van der Waals surface area contributed by atoms with Gasteiger partial charge in [0.1, 0.15) is 23.7 Å². The van der Waals surface area contributed by atoms with E-state index >= 15 is 0 Å². The molecular formula is C60H65IN4O10Si2. The topological polar surface area (TPSA) is 209 Å². The Morgan fingerprint density at radius 3 is 1.01 bits per heavy atom. The highest BCUT2D eigenvalue weighted by molar-refractivity contribution is 14.1. The lowest BCUT2D eigenvalue weighted by atomic mass is 9.92. The molecule has 0 aliphatic carbocycles. The van der Waals surface area contributed by atoms with Crippen molar-refractivity contribution in [1.29, 1.82) is 0 Å². The lowest BCUT2D eigenvalue weighted by molar-refractivity contribution is -0.385. The number of halogens is 1. The van der Waals surface area contributed by atoms with Crippen LogP contribution in [0.25, 0.3) is 0 Å². The normalized spacial score (nSPS) is 13.6. The fourth-order valence-electron chi connectivity index (χ4n) is 10.4. The summed E-state index contributed by atoms with van der Waals surface area (Å²) in [7, 11) is -6.39. The second-order valence-corrected chi connectivity index (χ2v) is 30.8. The molecule has 77 heavy (non-hydrogen) atoms. The zero-order valence-electron chi connectivity index (χ0n) is 44.0. The summed E-state index contributed by atoms with van der Waals surface area (Å²) in [6.45, 7) is 12.9. The van der Waals surface area contributed by atoms with Crippen LogP contribution >= 0.6 is 22.6 Å². The second-order valence-electron chi connectivity index (χ2n) is 21.2. The lowest BCUT2D eigenvalue weighted by Crippen LogP contribution is -2.67. The number of nitrogens with zero attached hydrogens (tertiary/aromatic N) is 2. The van der Waals surface area contributed by atoms with E-state index < -0.39 is 72.4 Å². The van der Waals surface area contributed by atoms with E-state index in [0.29, 0.717) is 26.2 Å². The van der Waals surface area contributed by atoms with Gasteiger partial charge in [0.25, 0.3) is 28.0 Å². The molecular weight excluding hydrogens is 1120 g/mol. The number of amides is 2. The van der Waals surface area contributed by atoms with E-state index in [1.165, 1.54) is 24.3 Å². The van der Waals surface area contributed by atoms with E-state index in [1.807, 2.05) is 72.8 Å². The molecule has 0 radical (unpaired) electrons. The van der Waals surface area contributed by atoms with Crippen LogP contribution in [0.2, 0.25) is 10.1 Å². The van der Waals surface area contributed by atoms with Gasteiger partial charge in [-0.1, -0.05) is 169 Å². The molecule has 14 nitrogen and oxygen atoms in total. The standard InChI is InChI=1S/C60H65IN4O10Si2/c1-59(2,3)76(48-20-11-7-12-21-48,49-22-13-8-14-23-49)72-40-44(38-54(62)66)57(42-30-34-46(35-31-42)64(68)69)74-52-28-19-29-53(56(52)61)75-58(43-32-36-47(37-33-43)65(70)71)45(39-55(63)67)41-73-77(60(4,5)6,50-24-15-9-16-25-50)51-26-17-10-18-27-51/h7-37,44-45,57-58H,38-41H2,1-6H3,(H2,62,66)(H2,63,67)/t44-,45-,57-,58-/m0/s1. The van der Waals surface area contributed by atoms with E-state index in [9.17, 15) is 29.8 Å². The van der Waals surface area contributed by atoms with Crippen LogP contribution < -0.4 is 41.7 Å². The molecule has 0 saturated heterocycles. The van der Waals surface area contributed by atoms with Gasteiger partial charge in [0.05, 0.1) is 13.4 Å².